The van der Waals surface area contributed by atoms with Gasteiger partial charge in [-0.05, 0) is 0 Å². The fourth-order valence-electron chi connectivity index (χ4n) is 0. The van der Waals surface area contributed by atoms with E-state index in [-0.39, 0.29) is 33.8 Å². The summed E-state index contributed by atoms with van der Waals surface area (Å²) in [5.74, 6) is 0. The molecule has 0 heterocycles. The predicted octanol–water partition coefficient (Wildman–Crippen LogP) is -0.924. The molecule has 4 heavy (non-hydrogen) atoms. The summed E-state index contributed by atoms with van der Waals surface area (Å²) in [6.07, 6.45) is 0. The Morgan fingerprint density at radius 1 is 1.25 bits per heavy atom. The summed E-state index contributed by atoms with van der Waals surface area (Å²) in [4.78, 5) is 0. The maximum absolute atomic E-state index is 2.62. The normalized spacial score (nSPS) is 1.00. The van der Waals surface area contributed by atoms with Gasteiger partial charge < -0.3 is 0 Å². The minimum Gasteiger partial charge on any atom is 0 e. The van der Waals surface area contributed by atoms with Crippen LogP contribution < -0.4 is 0 Å². The molecule has 0 aliphatic heterocycles. The molecule has 0 aromatic heterocycles. The molecule has 0 saturated heterocycles. The van der Waals surface area contributed by atoms with E-state index in [0.717, 1.165) is 0 Å². The Hall–Kier alpha value is 1.62. The fourth-order valence-corrected chi connectivity index (χ4v) is 0. The van der Waals surface area contributed by atoms with Crippen LogP contribution in [0.5, 0.6) is 0 Å². The quantitative estimate of drug-likeness (QED) is 0.422. The molecule has 0 nitrogen and oxygen atoms in total. The van der Waals surface area contributed by atoms with Gasteiger partial charge in [-0.3, -0.25) is 0 Å². The largest absolute Gasteiger partial charge is 0 e. The molecule has 4 heteroatoms. The van der Waals surface area contributed by atoms with Crippen molar-refractivity contribution in [2.45, 2.75) is 0 Å². The second kappa shape index (κ2) is 23.0. The second-order valence-corrected chi connectivity index (χ2v) is 0. The fraction of sp³-hybridized carbons (Fsp3) is 0. The molecule has 0 rings (SSSR count). The smallest absolute Gasteiger partial charge is 0 e. The Bertz CT molecular complexity index is 8.00. The minimum absolute atomic E-state index is 0. The van der Waals surface area contributed by atoms with Crippen molar-refractivity contribution in [1.29, 1.82) is 0 Å². The summed E-state index contributed by atoms with van der Waals surface area (Å²) < 4.78 is 0. The molecule has 0 saturated carbocycles. The first kappa shape index (κ1) is 17.5. The van der Waals surface area contributed by atoms with Gasteiger partial charge in [-0.25, -0.2) is 0 Å². The van der Waals surface area contributed by atoms with Crippen LogP contribution in [0.1, 0.15) is 0 Å². The SMILES string of the molecule is [BH2][Cr].[Co].[Fe]. The van der Waals surface area contributed by atoms with Crippen molar-refractivity contribution in [2.75, 3.05) is 0 Å². The van der Waals surface area contributed by atoms with Gasteiger partial charge in [0.25, 0.3) is 0 Å². The molecule has 0 bridgehead atoms. The average molecular weight is 180 g/mol. The van der Waals surface area contributed by atoms with Gasteiger partial charge in [-0.1, -0.05) is 0 Å². The Morgan fingerprint density at radius 3 is 1.25 bits per heavy atom. The van der Waals surface area contributed by atoms with E-state index in [4.69, 9.17) is 0 Å². The van der Waals surface area contributed by atoms with Crippen LogP contribution in [0.2, 0.25) is 0 Å². The maximum Gasteiger partial charge on any atom is 0 e. The molecular weight excluding hydrogens is 178 g/mol. The summed E-state index contributed by atoms with van der Waals surface area (Å²) >= 11 is 2.62. The van der Waals surface area contributed by atoms with E-state index in [2.05, 4.69) is 16.1 Å². The summed E-state index contributed by atoms with van der Waals surface area (Å²) in [6, 6.07) is 0. The van der Waals surface area contributed by atoms with Crippen molar-refractivity contribution in [3.8, 4) is 0 Å². The Morgan fingerprint density at radius 2 is 1.25 bits per heavy atom. The van der Waals surface area contributed by atoms with Gasteiger partial charge in [0.15, 0.2) is 0 Å². The summed E-state index contributed by atoms with van der Waals surface area (Å²) in [5, 5.41) is 0. The zero-order valence-electron chi connectivity index (χ0n) is 2.10. The third-order valence-electron chi connectivity index (χ3n) is 0. The maximum atomic E-state index is 2.62. The van der Waals surface area contributed by atoms with Crippen LogP contribution >= 0.6 is 0 Å². The first-order chi connectivity index (χ1) is 1.00. The van der Waals surface area contributed by atoms with Crippen molar-refractivity contribution < 1.29 is 50.0 Å². The van der Waals surface area contributed by atoms with Gasteiger partial charge in [0.1, 0.15) is 0 Å². The van der Waals surface area contributed by atoms with E-state index in [1.807, 2.05) is 6.62 Å². The van der Waals surface area contributed by atoms with Gasteiger partial charge in [0, 0.05) is 33.8 Å². The Kier molecular flexibility index (Phi) is 101. The first-order valence-corrected chi connectivity index (χ1v) is 1.68. The molecule has 0 N–H and O–H groups in total. The van der Waals surface area contributed by atoms with Crippen LogP contribution in [0.25, 0.3) is 0 Å². The average Bonchev–Trinajstić information content (AvgIpc) is 1.00. The standard InChI is InChI=1S/BH2.Co.Cr.Fe/h1H2;;;/q+1;;-1;. The molecule has 0 atom stereocenters. The minimum atomic E-state index is 0. The van der Waals surface area contributed by atoms with Gasteiger partial charge >= 0.3 is 22.7 Å². The van der Waals surface area contributed by atoms with Crippen molar-refractivity contribution >= 4 is 6.62 Å². The molecule has 0 spiro atoms. The second-order valence-electron chi connectivity index (χ2n) is 0. The van der Waals surface area contributed by atoms with E-state index in [1.165, 1.54) is 0 Å². The molecule has 28 valence electrons. The number of rotatable bonds is 0. The molecular formula is H2BCoCrFe. The summed E-state index contributed by atoms with van der Waals surface area (Å²) in [6.45, 7) is 1.88. The van der Waals surface area contributed by atoms with E-state index in [0.29, 0.717) is 0 Å². The van der Waals surface area contributed by atoms with E-state index in [1.54, 1.807) is 0 Å². The first-order valence-electron chi connectivity index (χ1n) is 0.408. The number of hydrogen-bond donors (Lipinski definition) is 0. The zero-order chi connectivity index (χ0) is 2.00. The van der Waals surface area contributed by atoms with Gasteiger partial charge in [-0.15, -0.1) is 0 Å². The van der Waals surface area contributed by atoms with Gasteiger partial charge in [-0.2, -0.15) is 0 Å². The van der Waals surface area contributed by atoms with E-state index >= 15 is 0 Å². The molecule has 0 aromatic rings. The Labute approximate surface area is 56.4 Å². The van der Waals surface area contributed by atoms with Crippen LogP contribution in [0.3, 0.4) is 0 Å². The molecule has 0 aliphatic rings. The van der Waals surface area contributed by atoms with Crippen LogP contribution in [-0.4, -0.2) is 6.62 Å². The molecule has 0 amide bonds. The van der Waals surface area contributed by atoms with Crippen LogP contribution in [0.4, 0.5) is 0 Å². The topological polar surface area (TPSA) is 0 Å². The van der Waals surface area contributed by atoms with Crippen molar-refractivity contribution in [2.24, 2.45) is 0 Å². The molecule has 1 radical (unpaired) electrons. The third-order valence-corrected chi connectivity index (χ3v) is 0. The van der Waals surface area contributed by atoms with Gasteiger partial charge in [0.2, 0.25) is 0 Å². The van der Waals surface area contributed by atoms with Crippen LogP contribution in [0.15, 0.2) is 0 Å². The predicted molar refractivity (Wildman–Crippen MR) is 8.54 cm³/mol. The Balaban J connectivity index is -0.00000000500. The zero-order valence-corrected chi connectivity index (χ0v) is 5.52. The monoisotopic (exact) mass is 180 g/mol. The summed E-state index contributed by atoms with van der Waals surface area (Å²) in [7, 11) is 0. The molecule has 0 unspecified atom stereocenters. The molecule has 0 aromatic carbocycles. The third kappa shape index (κ3) is 9.46. The van der Waals surface area contributed by atoms with E-state index < -0.39 is 0 Å². The van der Waals surface area contributed by atoms with Crippen LogP contribution in [-0.2, 0) is 50.0 Å². The van der Waals surface area contributed by atoms with Crippen molar-refractivity contribution in [3.63, 3.8) is 0 Å². The van der Waals surface area contributed by atoms with Crippen LogP contribution in [0, 0.1) is 0 Å². The number of hydrogen-bond acceptors (Lipinski definition) is 0. The van der Waals surface area contributed by atoms with E-state index in [9.17, 15) is 0 Å². The van der Waals surface area contributed by atoms with Crippen molar-refractivity contribution in [1.82, 2.24) is 0 Å². The molecule has 0 aliphatic carbocycles. The summed E-state index contributed by atoms with van der Waals surface area (Å²) in [5.41, 5.74) is 0. The molecule has 0 fully saturated rings. The van der Waals surface area contributed by atoms with Crippen molar-refractivity contribution in [3.05, 3.63) is 0 Å². The van der Waals surface area contributed by atoms with Gasteiger partial charge in [0.05, 0.1) is 0 Å².